The second-order valence-electron chi connectivity index (χ2n) is 2.69. The molecule has 1 amide bonds. The highest BCUT2D eigenvalue weighted by atomic mass is 79.9. The van der Waals surface area contributed by atoms with Gasteiger partial charge in [0.15, 0.2) is 0 Å². The third kappa shape index (κ3) is 2.45. The number of carbonyl (C=O) groups is 1. The summed E-state index contributed by atoms with van der Waals surface area (Å²) in [4.78, 5) is 11.3. The van der Waals surface area contributed by atoms with Gasteiger partial charge >= 0.3 is 0 Å². The van der Waals surface area contributed by atoms with E-state index in [4.69, 9.17) is 9.85 Å². The molecule has 1 aromatic rings. The smallest absolute Gasteiger partial charge is 0.224 e. The maximum atomic E-state index is 13.2. The van der Waals surface area contributed by atoms with E-state index in [1.165, 1.54) is 6.07 Å². The minimum Gasteiger partial charge on any atom is -0.398 e. The average molecular weight is 264 g/mol. The van der Waals surface area contributed by atoms with Gasteiger partial charge in [-0.15, -0.1) is 0 Å². The lowest BCUT2D eigenvalue weighted by atomic mass is 10.1. The quantitative estimate of drug-likeness (QED) is 0.794. The highest BCUT2D eigenvalue weighted by Crippen LogP contribution is 2.22. The molecule has 3 nitrogen and oxygen atoms in total. The minimum atomic E-state index is -2.56. The molecule has 0 unspecified atom stereocenters. The molecule has 0 fully saturated rings. The second-order valence-corrected chi connectivity index (χ2v) is 3.54. The van der Waals surface area contributed by atoms with Gasteiger partial charge in [-0.3, -0.25) is 4.79 Å². The molecule has 5 heteroatoms. The number of hydrogen-bond acceptors (Lipinski definition) is 2. The standard InChI is InChI=1S/C9H10BrFN2O/c1-13-9(14)3-5-2-7(11)6(10)4-8(5)12/h2,4H,3,12H2,1H3,(H,13,14)/i1D3. The highest BCUT2D eigenvalue weighted by molar-refractivity contribution is 9.10. The number of nitrogens with one attached hydrogen (secondary N) is 1. The molecule has 1 aromatic carbocycles. The highest BCUT2D eigenvalue weighted by Gasteiger charge is 2.08. The maximum absolute atomic E-state index is 13.2. The summed E-state index contributed by atoms with van der Waals surface area (Å²) in [7, 11) is 0. The van der Waals surface area contributed by atoms with Crippen LogP contribution in [0.4, 0.5) is 10.1 Å². The summed E-state index contributed by atoms with van der Waals surface area (Å²) in [5.41, 5.74) is 6.05. The van der Waals surface area contributed by atoms with Crippen LogP contribution >= 0.6 is 15.9 Å². The number of benzene rings is 1. The van der Waals surface area contributed by atoms with Crippen LogP contribution in [-0.2, 0) is 11.2 Å². The van der Waals surface area contributed by atoms with Crippen molar-refractivity contribution < 1.29 is 13.3 Å². The van der Waals surface area contributed by atoms with E-state index in [0.29, 0.717) is 0 Å². The summed E-state index contributed by atoms with van der Waals surface area (Å²) in [5.74, 6) is -1.30. The van der Waals surface area contributed by atoms with Gasteiger partial charge < -0.3 is 11.1 Å². The zero-order valence-electron chi connectivity index (χ0n) is 10.1. The fraction of sp³-hybridized carbons (Fsp3) is 0.222. The van der Waals surface area contributed by atoms with Crippen molar-refractivity contribution in [2.24, 2.45) is 0 Å². The van der Waals surface area contributed by atoms with E-state index < -0.39 is 18.7 Å². The Morgan fingerprint density at radius 1 is 1.79 bits per heavy atom. The van der Waals surface area contributed by atoms with Crippen LogP contribution in [0.15, 0.2) is 16.6 Å². The number of hydrogen-bond donors (Lipinski definition) is 2. The summed E-state index contributed by atoms with van der Waals surface area (Å²) >= 11 is 2.95. The topological polar surface area (TPSA) is 55.1 Å². The Balaban J connectivity index is 2.82. The maximum Gasteiger partial charge on any atom is 0.224 e. The average Bonchev–Trinajstić information content (AvgIpc) is 2.11. The fourth-order valence-electron chi connectivity index (χ4n) is 0.974. The first-order valence-corrected chi connectivity index (χ1v) is 4.53. The van der Waals surface area contributed by atoms with Crippen molar-refractivity contribution in [1.82, 2.24) is 5.32 Å². The van der Waals surface area contributed by atoms with Gasteiger partial charge in [0.2, 0.25) is 5.91 Å². The predicted molar refractivity (Wildman–Crippen MR) is 56.3 cm³/mol. The zero-order chi connectivity index (χ0) is 13.2. The Hall–Kier alpha value is -1.10. The molecule has 0 saturated heterocycles. The molecule has 0 saturated carbocycles. The number of carbonyl (C=O) groups excluding carboxylic acids is 1. The molecule has 0 aliphatic carbocycles. The van der Waals surface area contributed by atoms with Gasteiger partial charge in [-0.05, 0) is 33.6 Å². The molecular weight excluding hydrogens is 251 g/mol. The van der Waals surface area contributed by atoms with E-state index in [-0.39, 0.29) is 22.1 Å². The van der Waals surface area contributed by atoms with Gasteiger partial charge in [0, 0.05) is 16.8 Å². The number of rotatable bonds is 2. The van der Waals surface area contributed by atoms with Crippen molar-refractivity contribution >= 4 is 27.5 Å². The van der Waals surface area contributed by atoms with E-state index >= 15 is 0 Å². The SMILES string of the molecule is [2H]C([2H])([2H])NC(=O)Cc1cc(F)c(Br)cc1N. The molecule has 76 valence electrons. The van der Waals surface area contributed by atoms with Crippen LogP contribution in [0, 0.1) is 5.82 Å². The van der Waals surface area contributed by atoms with E-state index in [0.717, 1.165) is 6.07 Å². The number of halogens is 2. The predicted octanol–water partition coefficient (Wildman–Crippen LogP) is 1.46. The lowest BCUT2D eigenvalue weighted by Gasteiger charge is -2.06. The molecule has 0 atom stereocenters. The van der Waals surface area contributed by atoms with Crippen molar-refractivity contribution in [3.63, 3.8) is 0 Å². The van der Waals surface area contributed by atoms with Crippen molar-refractivity contribution in [2.75, 3.05) is 12.7 Å². The van der Waals surface area contributed by atoms with Crippen LogP contribution < -0.4 is 11.1 Å². The minimum absolute atomic E-state index is 0.190. The van der Waals surface area contributed by atoms with Gasteiger partial charge in [0.1, 0.15) is 5.82 Å². The molecule has 0 spiro atoms. The van der Waals surface area contributed by atoms with E-state index in [1.54, 1.807) is 5.32 Å². The van der Waals surface area contributed by atoms with Gasteiger partial charge in [-0.2, -0.15) is 0 Å². The largest absolute Gasteiger partial charge is 0.398 e. The zero-order valence-corrected chi connectivity index (χ0v) is 8.69. The van der Waals surface area contributed by atoms with Gasteiger partial charge in [-0.25, -0.2) is 4.39 Å². The Morgan fingerprint density at radius 2 is 2.50 bits per heavy atom. The van der Waals surface area contributed by atoms with Crippen LogP contribution in [0.25, 0.3) is 0 Å². The van der Waals surface area contributed by atoms with Crippen LogP contribution in [0.2, 0.25) is 0 Å². The van der Waals surface area contributed by atoms with E-state index in [2.05, 4.69) is 15.9 Å². The molecule has 0 radical (unpaired) electrons. The Labute approximate surface area is 93.8 Å². The summed E-state index contributed by atoms with van der Waals surface area (Å²) in [5, 5.41) is 1.80. The number of anilines is 1. The summed E-state index contributed by atoms with van der Waals surface area (Å²) in [6, 6.07) is 2.42. The van der Waals surface area contributed by atoms with Crippen LogP contribution in [0.1, 0.15) is 9.68 Å². The normalized spacial score (nSPS) is 14.0. The first-order valence-electron chi connectivity index (χ1n) is 5.23. The molecule has 0 heterocycles. The first kappa shape index (κ1) is 7.23. The fourth-order valence-corrected chi connectivity index (χ4v) is 1.33. The second kappa shape index (κ2) is 4.41. The van der Waals surface area contributed by atoms with Crippen molar-refractivity contribution in [2.45, 2.75) is 6.42 Å². The van der Waals surface area contributed by atoms with Crippen molar-refractivity contribution in [1.29, 1.82) is 0 Å². The Bertz CT molecular complexity index is 451. The summed E-state index contributed by atoms with van der Waals surface area (Å²) in [6.45, 7) is -2.56. The third-order valence-corrected chi connectivity index (χ3v) is 2.28. The van der Waals surface area contributed by atoms with Gasteiger partial charge in [0.05, 0.1) is 10.9 Å². The van der Waals surface area contributed by atoms with Crippen molar-refractivity contribution in [3.8, 4) is 0 Å². The lowest BCUT2D eigenvalue weighted by Crippen LogP contribution is -2.20. The van der Waals surface area contributed by atoms with E-state index in [1.807, 2.05) is 0 Å². The molecule has 1 rings (SSSR count). The molecule has 3 N–H and O–H groups in total. The first-order chi connectivity index (χ1) is 7.69. The lowest BCUT2D eigenvalue weighted by molar-refractivity contribution is -0.119. The molecular formula is C9H10BrFN2O. The number of likely N-dealkylation sites (N-methyl/N-ethyl adjacent to an activating group) is 1. The van der Waals surface area contributed by atoms with Gasteiger partial charge in [-0.1, -0.05) is 0 Å². The Kier molecular flexibility index (Phi) is 2.28. The number of amides is 1. The van der Waals surface area contributed by atoms with E-state index in [9.17, 15) is 9.18 Å². The number of nitrogen functional groups attached to an aromatic ring is 1. The molecule has 0 aromatic heterocycles. The van der Waals surface area contributed by atoms with Crippen LogP contribution in [0.3, 0.4) is 0 Å². The number of nitrogens with two attached hydrogens (primary N) is 1. The molecule has 0 bridgehead atoms. The molecule has 0 aliphatic rings. The van der Waals surface area contributed by atoms with Gasteiger partial charge in [0.25, 0.3) is 0 Å². The van der Waals surface area contributed by atoms with Crippen LogP contribution in [-0.4, -0.2) is 12.9 Å². The summed E-state index contributed by atoms with van der Waals surface area (Å²) < 4.78 is 33.9. The summed E-state index contributed by atoms with van der Waals surface area (Å²) in [6.07, 6.45) is -0.283. The molecule has 14 heavy (non-hydrogen) atoms. The van der Waals surface area contributed by atoms with Crippen molar-refractivity contribution in [3.05, 3.63) is 28.0 Å². The van der Waals surface area contributed by atoms with Crippen LogP contribution in [0.5, 0.6) is 0 Å². The monoisotopic (exact) mass is 263 g/mol. The third-order valence-electron chi connectivity index (χ3n) is 1.67. The Morgan fingerprint density at radius 3 is 3.14 bits per heavy atom. The molecule has 0 aliphatic heterocycles.